The van der Waals surface area contributed by atoms with Crippen molar-refractivity contribution in [3.63, 3.8) is 0 Å². The fourth-order valence-electron chi connectivity index (χ4n) is 0.587. The number of allylic oxidation sites excluding steroid dienone is 1. The fraction of sp³-hybridized carbons (Fsp3) is 0.200. The molecule has 0 amide bonds. The Bertz CT molecular complexity index is 234. The Balaban J connectivity index is 2.80. The summed E-state index contributed by atoms with van der Waals surface area (Å²) in [7, 11) is 0. The molecule has 0 fully saturated rings. The van der Waals surface area contributed by atoms with Gasteiger partial charge in [0.2, 0.25) is 0 Å². The van der Waals surface area contributed by atoms with Crippen LogP contribution in [0.5, 0.6) is 0 Å². The third kappa shape index (κ3) is 1.24. The van der Waals surface area contributed by atoms with E-state index in [0.29, 0.717) is 0 Å². The highest BCUT2D eigenvalue weighted by Crippen LogP contribution is 2.01. The van der Waals surface area contributed by atoms with Gasteiger partial charge in [0.1, 0.15) is 4.86 Å². The van der Waals surface area contributed by atoms with Crippen LogP contribution in [0, 0.1) is 10.1 Å². The SMILES string of the molecule is O=[N+]([O-])C1N=CC=CC1=S. The lowest BCUT2D eigenvalue weighted by Gasteiger charge is -2.03. The summed E-state index contributed by atoms with van der Waals surface area (Å²) in [6, 6.07) is 0. The van der Waals surface area contributed by atoms with Crippen molar-refractivity contribution >= 4 is 23.3 Å². The Labute approximate surface area is 62.4 Å². The highest BCUT2D eigenvalue weighted by Gasteiger charge is 2.22. The Morgan fingerprint density at radius 1 is 1.80 bits per heavy atom. The van der Waals surface area contributed by atoms with E-state index in [0.717, 1.165) is 0 Å². The van der Waals surface area contributed by atoms with Crippen LogP contribution in [0.2, 0.25) is 0 Å². The molecule has 1 rings (SSSR count). The monoisotopic (exact) mass is 156 g/mol. The molecule has 0 saturated heterocycles. The first-order valence-electron chi connectivity index (χ1n) is 2.59. The number of dihydropyridines is 1. The van der Waals surface area contributed by atoms with Crippen LogP contribution in [0.4, 0.5) is 0 Å². The second-order valence-corrected chi connectivity index (χ2v) is 2.19. The van der Waals surface area contributed by atoms with Gasteiger partial charge in [0, 0.05) is 6.21 Å². The highest BCUT2D eigenvalue weighted by atomic mass is 32.1. The van der Waals surface area contributed by atoms with E-state index in [-0.39, 0.29) is 4.86 Å². The van der Waals surface area contributed by atoms with Gasteiger partial charge in [0.25, 0.3) is 0 Å². The molecule has 0 aromatic heterocycles. The van der Waals surface area contributed by atoms with Crippen LogP contribution in [0.3, 0.4) is 0 Å². The number of nitro groups is 1. The normalized spacial score (nSPS) is 23.2. The van der Waals surface area contributed by atoms with E-state index in [1.807, 2.05) is 0 Å². The second-order valence-electron chi connectivity index (χ2n) is 1.72. The van der Waals surface area contributed by atoms with E-state index in [1.54, 1.807) is 6.08 Å². The Kier molecular flexibility index (Phi) is 1.86. The molecule has 5 heteroatoms. The second kappa shape index (κ2) is 2.66. The maximum atomic E-state index is 10.1. The van der Waals surface area contributed by atoms with Crippen molar-refractivity contribution < 1.29 is 4.92 Å². The van der Waals surface area contributed by atoms with Gasteiger partial charge < -0.3 is 0 Å². The number of thiocarbonyl (C=S) groups is 1. The van der Waals surface area contributed by atoms with Crippen molar-refractivity contribution in [3.05, 3.63) is 22.3 Å². The zero-order chi connectivity index (χ0) is 7.56. The van der Waals surface area contributed by atoms with Crippen LogP contribution in [0.1, 0.15) is 0 Å². The minimum Gasteiger partial charge on any atom is -0.262 e. The minimum atomic E-state index is -1.04. The van der Waals surface area contributed by atoms with E-state index in [4.69, 9.17) is 0 Å². The molecule has 0 aromatic carbocycles. The van der Waals surface area contributed by atoms with E-state index in [1.165, 1.54) is 12.3 Å². The van der Waals surface area contributed by atoms with Crippen molar-refractivity contribution in [1.82, 2.24) is 0 Å². The average Bonchev–Trinajstić information content (AvgIpc) is 1.88. The zero-order valence-electron chi connectivity index (χ0n) is 4.93. The van der Waals surface area contributed by atoms with E-state index < -0.39 is 11.1 Å². The maximum Gasteiger partial charge on any atom is 0.339 e. The Morgan fingerprint density at radius 3 is 2.90 bits per heavy atom. The predicted molar refractivity (Wildman–Crippen MR) is 41.0 cm³/mol. The number of nitrogens with zero attached hydrogens (tertiary/aromatic N) is 2. The van der Waals surface area contributed by atoms with Crippen LogP contribution in [0.25, 0.3) is 0 Å². The molecule has 1 unspecified atom stereocenters. The topological polar surface area (TPSA) is 55.5 Å². The summed E-state index contributed by atoms with van der Waals surface area (Å²) in [6.45, 7) is 0. The Hall–Kier alpha value is -1.10. The van der Waals surface area contributed by atoms with Crippen molar-refractivity contribution in [2.45, 2.75) is 6.17 Å². The summed E-state index contributed by atoms with van der Waals surface area (Å²) in [5, 5.41) is 10.1. The van der Waals surface area contributed by atoms with Gasteiger partial charge in [-0.05, 0) is 12.2 Å². The van der Waals surface area contributed by atoms with Crippen LogP contribution >= 0.6 is 12.2 Å². The molecule has 0 N–H and O–H groups in total. The van der Waals surface area contributed by atoms with Gasteiger partial charge in [-0.15, -0.1) is 0 Å². The molecule has 0 aliphatic carbocycles. The summed E-state index contributed by atoms with van der Waals surface area (Å²) in [4.78, 5) is 13.4. The summed E-state index contributed by atoms with van der Waals surface area (Å²) >= 11 is 4.66. The van der Waals surface area contributed by atoms with Crippen molar-refractivity contribution in [1.29, 1.82) is 0 Å². The van der Waals surface area contributed by atoms with E-state index >= 15 is 0 Å². The van der Waals surface area contributed by atoms with Gasteiger partial charge in [-0.25, -0.2) is 4.99 Å². The number of hydrogen-bond acceptors (Lipinski definition) is 4. The molecular weight excluding hydrogens is 152 g/mol. The molecule has 0 spiro atoms. The maximum absolute atomic E-state index is 10.1. The lowest BCUT2D eigenvalue weighted by atomic mass is 10.3. The van der Waals surface area contributed by atoms with Gasteiger partial charge in [-0.2, -0.15) is 0 Å². The largest absolute Gasteiger partial charge is 0.339 e. The molecule has 0 saturated carbocycles. The van der Waals surface area contributed by atoms with Crippen molar-refractivity contribution in [2.24, 2.45) is 4.99 Å². The van der Waals surface area contributed by atoms with Crippen LogP contribution < -0.4 is 0 Å². The summed E-state index contributed by atoms with van der Waals surface area (Å²) < 4.78 is 0. The summed E-state index contributed by atoms with van der Waals surface area (Å²) in [6.07, 6.45) is 3.43. The van der Waals surface area contributed by atoms with E-state index in [2.05, 4.69) is 17.2 Å². The first-order chi connectivity index (χ1) is 4.72. The van der Waals surface area contributed by atoms with Gasteiger partial charge in [-0.1, -0.05) is 12.2 Å². The summed E-state index contributed by atoms with van der Waals surface area (Å²) in [5.41, 5.74) is 0. The highest BCUT2D eigenvalue weighted by molar-refractivity contribution is 7.80. The van der Waals surface area contributed by atoms with Crippen LogP contribution in [-0.2, 0) is 0 Å². The minimum absolute atomic E-state index is 0.257. The van der Waals surface area contributed by atoms with Crippen LogP contribution in [-0.4, -0.2) is 22.2 Å². The number of hydrogen-bond donors (Lipinski definition) is 0. The molecule has 1 heterocycles. The molecule has 1 aliphatic heterocycles. The Morgan fingerprint density at radius 2 is 2.50 bits per heavy atom. The predicted octanol–water partition coefficient (Wildman–Crippen LogP) is 0.600. The lowest BCUT2D eigenvalue weighted by Crippen LogP contribution is -2.26. The average molecular weight is 156 g/mol. The van der Waals surface area contributed by atoms with Gasteiger partial charge in [-0.3, -0.25) is 10.1 Å². The van der Waals surface area contributed by atoms with Gasteiger partial charge in [0.15, 0.2) is 0 Å². The van der Waals surface area contributed by atoms with Crippen LogP contribution in [0.15, 0.2) is 17.1 Å². The van der Waals surface area contributed by atoms with E-state index in [9.17, 15) is 10.1 Å². The third-order valence-electron chi connectivity index (χ3n) is 1.03. The molecule has 0 aromatic rings. The molecule has 10 heavy (non-hydrogen) atoms. The molecule has 52 valence electrons. The smallest absolute Gasteiger partial charge is 0.262 e. The molecule has 1 atom stereocenters. The van der Waals surface area contributed by atoms with Gasteiger partial charge >= 0.3 is 6.17 Å². The number of rotatable bonds is 1. The zero-order valence-corrected chi connectivity index (χ0v) is 5.75. The summed E-state index contributed by atoms with van der Waals surface area (Å²) in [5.74, 6) is 0. The molecule has 1 aliphatic rings. The third-order valence-corrected chi connectivity index (χ3v) is 1.37. The molecular formula is C5H4N2O2S. The standard InChI is InChI=1S/C5H4N2O2S/c8-7(9)5-4(10)2-1-3-6-5/h1-3,5H. The fourth-order valence-corrected chi connectivity index (χ4v) is 0.812. The van der Waals surface area contributed by atoms with Crippen molar-refractivity contribution in [2.75, 3.05) is 0 Å². The lowest BCUT2D eigenvalue weighted by molar-refractivity contribution is -0.500. The molecule has 0 bridgehead atoms. The van der Waals surface area contributed by atoms with Crippen molar-refractivity contribution in [3.8, 4) is 0 Å². The number of aliphatic imine (C=N–C) groups is 1. The molecule has 4 nitrogen and oxygen atoms in total. The first kappa shape index (κ1) is 7.01. The molecule has 0 radical (unpaired) electrons. The quantitative estimate of drug-likeness (QED) is 0.317. The first-order valence-corrected chi connectivity index (χ1v) is 3.00. The van der Waals surface area contributed by atoms with Gasteiger partial charge in [0.05, 0.1) is 4.92 Å².